The summed E-state index contributed by atoms with van der Waals surface area (Å²) in [5, 5.41) is 11.1. The number of aliphatic hydroxyl groups excluding tert-OH is 1. The van der Waals surface area contributed by atoms with E-state index in [1.54, 1.807) is 31.4 Å². The first kappa shape index (κ1) is 24.0. The largest absolute Gasteiger partial charge is 0.507 e. The van der Waals surface area contributed by atoms with Gasteiger partial charge in [-0.25, -0.2) is 4.39 Å². The Labute approximate surface area is 203 Å². The van der Waals surface area contributed by atoms with Gasteiger partial charge in [0.2, 0.25) is 0 Å². The maximum absolute atomic E-state index is 13.4. The van der Waals surface area contributed by atoms with Crippen LogP contribution < -0.4 is 9.47 Å². The number of rotatable bonds is 7. The molecule has 0 radical (unpaired) electrons. The lowest BCUT2D eigenvalue weighted by Gasteiger charge is -2.25. The summed E-state index contributed by atoms with van der Waals surface area (Å²) < 4.78 is 24.3. The van der Waals surface area contributed by atoms with Crippen LogP contribution in [0.2, 0.25) is 0 Å². The molecule has 35 heavy (non-hydrogen) atoms. The van der Waals surface area contributed by atoms with Crippen molar-refractivity contribution in [2.45, 2.75) is 32.5 Å². The van der Waals surface area contributed by atoms with Crippen LogP contribution in [0.5, 0.6) is 11.5 Å². The number of nitrogens with zero attached hydrogens (tertiary/aromatic N) is 1. The minimum atomic E-state index is -0.836. The molecule has 1 heterocycles. The summed E-state index contributed by atoms with van der Waals surface area (Å²) >= 11 is 0. The van der Waals surface area contributed by atoms with E-state index < -0.39 is 23.5 Å². The van der Waals surface area contributed by atoms with Gasteiger partial charge in [-0.2, -0.15) is 0 Å². The number of carbonyl (C=O) groups is 2. The minimum absolute atomic E-state index is 0.0280. The van der Waals surface area contributed by atoms with Crippen molar-refractivity contribution in [2.75, 3.05) is 7.11 Å². The Balaban J connectivity index is 1.76. The Kier molecular flexibility index (Phi) is 6.87. The van der Waals surface area contributed by atoms with Gasteiger partial charge in [0.25, 0.3) is 11.7 Å². The van der Waals surface area contributed by atoms with Crippen molar-refractivity contribution in [1.29, 1.82) is 0 Å². The third-order valence-electron chi connectivity index (χ3n) is 5.74. The van der Waals surface area contributed by atoms with Crippen molar-refractivity contribution in [3.8, 4) is 11.5 Å². The Morgan fingerprint density at radius 2 is 1.54 bits per heavy atom. The van der Waals surface area contributed by atoms with E-state index in [1.807, 2.05) is 38.1 Å². The number of carbonyl (C=O) groups excluding carboxylic acids is 2. The van der Waals surface area contributed by atoms with Crippen LogP contribution >= 0.6 is 0 Å². The highest BCUT2D eigenvalue weighted by Crippen LogP contribution is 2.40. The molecule has 180 valence electrons. The Hall–Kier alpha value is -4.13. The van der Waals surface area contributed by atoms with E-state index in [9.17, 15) is 19.1 Å². The summed E-state index contributed by atoms with van der Waals surface area (Å²) in [5.74, 6) is -1.03. The second-order valence-corrected chi connectivity index (χ2v) is 8.52. The highest BCUT2D eigenvalue weighted by molar-refractivity contribution is 6.46. The number of halogens is 1. The van der Waals surface area contributed by atoms with Gasteiger partial charge in [0, 0.05) is 12.1 Å². The number of likely N-dealkylation sites (tertiary alicyclic amines) is 1. The highest BCUT2D eigenvalue weighted by Gasteiger charge is 2.46. The van der Waals surface area contributed by atoms with Gasteiger partial charge < -0.3 is 19.5 Å². The average Bonchev–Trinajstić information content (AvgIpc) is 3.10. The lowest BCUT2D eigenvalue weighted by atomic mass is 9.95. The van der Waals surface area contributed by atoms with E-state index in [1.165, 1.54) is 29.2 Å². The molecule has 1 fully saturated rings. The van der Waals surface area contributed by atoms with Crippen LogP contribution in [-0.2, 0) is 16.1 Å². The Bertz CT molecular complexity index is 1250. The number of hydrogen-bond donors (Lipinski definition) is 1. The molecule has 3 aromatic rings. The molecule has 1 amide bonds. The van der Waals surface area contributed by atoms with Crippen LogP contribution in [0.4, 0.5) is 4.39 Å². The molecule has 1 saturated heterocycles. The predicted octanol–water partition coefficient (Wildman–Crippen LogP) is 5.24. The van der Waals surface area contributed by atoms with Crippen LogP contribution in [-0.4, -0.2) is 34.9 Å². The Morgan fingerprint density at radius 1 is 0.943 bits per heavy atom. The topological polar surface area (TPSA) is 76.1 Å². The first-order valence-corrected chi connectivity index (χ1v) is 11.2. The minimum Gasteiger partial charge on any atom is -0.507 e. The molecule has 7 heteroatoms. The van der Waals surface area contributed by atoms with Crippen molar-refractivity contribution in [3.63, 3.8) is 0 Å². The lowest BCUT2D eigenvalue weighted by Crippen LogP contribution is -2.29. The van der Waals surface area contributed by atoms with Crippen LogP contribution in [0.1, 0.15) is 36.6 Å². The van der Waals surface area contributed by atoms with Crippen LogP contribution in [0.25, 0.3) is 5.76 Å². The summed E-state index contributed by atoms with van der Waals surface area (Å²) in [6, 6.07) is 18.5. The third-order valence-corrected chi connectivity index (χ3v) is 5.74. The molecule has 4 rings (SSSR count). The molecule has 1 N–H and O–H groups in total. The van der Waals surface area contributed by atoms with Crippen molar-refractivity contribution in [1.82, 2.24) is 4.90 Å². The molecule has 0 aliphatic carbocycles. The number of ketones is 1. The number of aliphatic hydroxyl groups is 1. The number of hydrogen-bond acceptors (Lipinski definition) is 5. The zero-order chi connectivity index (χ0) is 25.1. The molecule has 3 aromatic carbocycles. The van der Waals surface area contributed by atoms with E-state index in [4.69, 9.17) is 9.47 Å². The normalized spacial score (nSPS) is 17.2. The van der Waals surface area contributed by atoms with Gasteiger partial charge in [-0.3, -0.25) is 9.59 Å². The fourth-order valence-corrected chi connectivity index (χ4v) is 4.08. The Morgan fingerprint density at radius 3 is 2.11 bits per heavy atom. The van der Waals surface area contributed by atoms with Gasteiger partial charge >= 0.3 is 0 Å². The monoisotopic (exact) mass is 475 g/mol. The van der Waals surface area contributed by atoms with Gasteiger partial charge in [0.15, 0.2) is 0 Å². The number of Topliss-reactive ketones (excluding diaryl/α,β-unsaturated/α-hetero) is 1. The first-order valence-electron chi connectivity index (χ1n) is 11.2. The molecule has 1 aliphatic heterocycles. The molecule has 1 aliphatic rings. The van der Waals surface area contributed by atoms with Gasteiger partial charge in [0.05, 0.1) is 24.8 Å². The molecule has 1 unspecified atom stereocenters. The van der Waals surface area contributed by atoms with Crippen molar-refractivity contribution >= 4 is 17.4 Å². The zero-order valence-corrected chi connectivity index (χ0v) is 19.7. The van der Waals surface area contributed by atoms with E-state index in [2.05, 4.69) is 0 Å². The molecule has 0 spiro atoms. The number of methoxy groups -OCH3 is 1. The second-order valence-electron chi connectivity index (χ2n) is 8.52. The van der Waals surface area contributed by atoms with Gasteiger partial charge in [0.1, 0.15) is 23.1 Å². The first-order chi connectivity index (χ1) is 16.8. The molecule has 0 aromatic heterocycles. The van der Waals surface area contributed by atoms with Gasteiger partial charge in [-0.1, -0.05) is 24.3 Å². The predicted molar refractivity (Wildman–Crippen MR) is 129 cm³/mol. The highest BCUT2D eigenvalue weighted by atomic mass is 19.1. The van der Waals surface area contributed by atoms with E-state index in [0.29, 0.717) is 17.1 Å². The molecule has 0 saturated carbocycles. The number of amides is 1. The SMILES string of the molecule is COc1ccc(C2/C(=C(/O)c3ccc(F)cc3)C(=O)C(=O)N2Cc2ccc(OC(C)C)cc2)cc1. The van der Waals surface area contributed by atoms with Crippen LogP contribution in [0, 0.1) is 5.82 Å². The lowest BCUT2D eigenvalue weighted by molar-refractivity contribution is -0.140. The van der Waals surface area contributed by atoms with Crippen molar-refractivity contribution in [3.05, 3.63) is 101 Å². The molecular formula is C28H26FNO5. The maximum atomic E-state index is 13.4. The van der Waals surface area contributed by atoms with E-state index in [0.717, 1.165) is 5.56 Å². The van der Waals surface area contributed by atoms with Gasteiger partial charge in [-0.15, -0.1) is 0 Å². The summed E-state index contributed by atoms with van der Waals surface area (Å²) in [7, 11) is 1.54. The smallest absolute Gasteiger partial charge is 0.295 e. The van der Waals surface area contributed by atoms with E-state index in [-0.39, 0.29) is 29.5 Å². The fourth-order valence-electron chi connectivity index (χ4n) is 4.08. The van der Waals surface area contributed by atoms with Crippen molar-refractivity contribution < 1.29 is 28.6 Å². The van der Waals surface area contributed by atoms with Gasteiger partial charge in [-0.05, 0) is 73.5 Å². The summed E-state index contributed by atoms with van der Waals surface area (Å²) in [4.78, 5) is 27.7. The quantitative estimate of drug-likeness (QED) is 0.287. The summed E-state index contributed by atoms with van der Waals surface area (Å²) in [6.07, 6.45) is 0.0280. The summed E-state index contributed by atoms with van der Waals surface area (Å²) in [6.45, 7) is 4.01. The third kappa shape index (κ3) is 5.04. The molecule has 1 atom stereocenters. The van der Waals surface area contributed by atoms with Crippen LogP contribution in [0.15, 0.2) is 78.4 Å². The number of ether oxygens (including phenoxy) is 2. The second kappa shape index (κ2) is 10.0. The van der Waals surface area contributed by atoms with Crippen molar-refractivity contribution in [2.24, 2.45) is 0 Å². The average molecular weight is 476 g/mol. The fraction of sp³-hybridized carbons (Fsp3) is 0.214. The van der Waals surface area contributed by atoms with E-state index >= 15 is 0 Å². The standard InChI is InChI=1S/C28H26FNO5/c1-17(2)35-23-12-4-18(5-13-23)16-30-25(19-8-14-22(34-3)15-9-19)24(27(32)28(30)33)26(31)20-6-10-21(29)11-7-20/h4-15,17,25,31H,16H2,1-3H3/b26-24-. The molecule has 0 bridgehead atoms. The zero-order valence-electron chi connectivity index (χ0n) is 19.7. The number of benzene rings is 3. The summed E-state index contributed by atoms with van der Waals surface area (Å²) in [5.41, 5.74) is 1.63. The molecule has 6 nitrogen and oxygen atoms in total. The maximum Gasteiger partial charge on any atom is 0.295 e. The molecular weight excluding hydrogens is 449 g/mol. The van der Waals surface area contributed by atoms with Crippen LogP contribution in [0.3, 0.4) is 0 Å².